The Morgan fingerprint density at radius 2 is 2.05 bits per heavy atom. The third kappa shape index (κ3) is 2.09. The predicted molar refractivity (Wildman–Crippen MR) is 74.9 cm³/mol. The molecular formula is C14H16FN5O. The molecule has 7 heteroatoms. The molecule has 3 aliphatic heterocycles. The summed E-state index contributed by atoms with van der Waals surface area (Å²) in [5.74, 6) is 0.315. The van der Waals surface area contributed by atoms with Crippen LogP contribution < -0.4 is 5.73 Å². The Bertz CT molecular complexity index is 645. The molecule has 3 aliphatic rings. The van der Waals surface area contributed by atoms with Crippen LogP contribution in [0.1, 0.15) is 11.9 Å². The number of nitrogens with zero attached hydrogens (tertiary/aromatic N) is 4. The molecule has 2 bridgehead atoms. The van der Waals surface area contributed by atoms with Gasteiger partial charge in [-0.05, 0) is 12.1 Å². The molecule has 1 atom stereocenters. The largest absolute Gasteiger partial charge is 0.398 e. The molecule has 21 heavy (non-hydrogen) atoms. The number of benzene rings is 1. The fourth-order valence-electron chi connectivity index (χ4n) is 3.10. The first-order valence-corrected chi connectivity index (χ1v) is 7.07. The first-order valence-electron chi connectivity index (χ1n) is 7.07. The van der Waals surface area contributed by atoms with Crippen LogP contribution in [0, 0.1) is 5.82 Å². The van der Waals surface area contributed by atoms with E-state index in [0.717, 1.165) is 32.7 Å². The van der Waals surface area contributed by atoms with Crippen molar-refractivity contribution in [3.05, 3.63) is 29.8 Å². The summed E-state index contributed by atoms with van der Waals surface area (Å²) >= 11 is 0. The molecule has 4 heterocycles. The third-order valence-corrected chi connectivity index (χ3v) is 4.28. The number of piperazine rings is 3. The van der Waals surface area contributed by atoms with E-state index in [2.05, 4.69) is 19.9 Å². The maximum absolute atomic E-state index is 13.9. The van der Waals surface area contributed by atoms with Crippen LogP contribution in [-0.4, -0.2) is 52.7 Å². The standard InChI is InChI=1S/C14H16FN5O/c15-9-2-1-3-10(16)12(9)14-17-13(18-21-14)11-8-19-4-6-20(11)7-5-19/h1-3,11H,4-8,16H2. The van der Waals surface area contributed by atoms with Gasteiger partial charge in [0.15, 0.2) is 5.82 Å². The minimum atomic E-state index is -0.445. The van der Waals surface area contributed by atoms with Crippen molar-refractivity contribution in [2.75, 3.05) is 38.5 Å². The van der Waals surface area contributed by atoms with Gasteiger partial charge in [0.2, 0.25) is 0 Å². The monoisotopic (exact) mass is 289 g/mol. The van der Waals surface area contributed by atoms with Crippen LogP contribution in [0.25, 0.3) is 11.5 Å². The highest BCUT2D eigenvalue weighted by Gasteiger charge is 2.35. The van der Waals surface area contributed by atoms with E-state index in [9.17, 15) is 4.39 Å². The summed E-state index contributed by atoms with van der Waals surface area (Å²) in [4.78, 5) is 9.11. The van der Waals surface area contributed by atoms with Gasteiger partial charge in [-0.1, -0.05) is 11.2 Å². The summed E-state index contributed by atoms with van der Waals surface area (Å²) in [5, 5.41) is 4.04. The molecule has 110 valence electrons. The number of aromatic nitrogens is 2. The van der Waals surface area contributed by atoms with Gasteiger partial charge in [0.25, 0.3) is 5.89 Å². The number of fused-ring (bicyclic) bond motifs is 3. The lowest BCUT2D eigenvalue weighted by Crippen LogP contribution is -2.57. The van der Waals surface area contributed by atoms with Gasteiger partial charge in [0, 0.05) is 38.4 Å². The van der Waals surface area contributed by atoms with E-state index in [0.29, 0.717) is 11.5 Å². The van der Waals surface area contributed by atoms with Crippen LogP contribution in [0.2, 0.25) is 0 Å². The second kappa shape index (κ2) is 4.78. The van der Waals surface area contributed by atoms with E-state index in [1.807, 2.05) is 0 Å². The zero-order valence-corrected chi connectivity index (χ0v) is 11.5. The Morgan fingerprint density at radius 3 is 2.71 bits per heavy atom. The Hall–Kier alpha value is -1.99. The molecule has 1 aromatic carbocycles. The highest BCUT2D eigenvalue weighted by molar-refractivity contribution is 5.70. The van der Waals surface area contributed by atoms with E-state index in [1.165, 1.54) is 6.07 Å². The maximum Gasteiger partial charge on any atom is 0.263 e. The van der Waals surface area contributed by atoms with Gasteiger partial charge < -0.3 is 10.3 Å². The summed E-state index contributed by atoms with van der Waals surface area (Å²) in [6, 6.07) is 4.65. The molecule has 1 unspecified atom stereocenters. The molecular weight excluding hydrogens is 273 g/mol. The van der Waals surface area contributed by atoms with Crippen LogP contribution in [0.3, 0.4) is 0 Å². The second-order valence-corrected chi connectivity index (χ2v) is 5.51. The van der Waals surface area contributed by atoms with E-state index in [4.69, 9.17) is 10.3 Å². The Morgan fingerprint density at radius 1 is 1.24 bits per heavy atom. The van der Waals surface area contributed by atoms with E-state index in [-0.39, 0.29) is 17.5 Å². The Labute approximate surface area is 121 Å². The lowest BCUT2D eigenvalue weighted by Gasteiger charge is -2.46. The van der Waals surface area contributed by atoms with Crippen LogP contribution >= 0.6 is 0 Å². The van der Waals surface area contributed by atoms with Crippen molar-refractivity contribution in [3.63, 3.8) is 0 Å². The van der Waals surface area contributed by atoms with Crippen LogP contribution in [0.4, 0.5) is 10.1 Å². The van der Waals surface area contributed by atoms with Crippen molar-refractivity contribution >= 4 is 5.69 Å². The molecule has 0 radical (unpaired) electrons. The summed E-state index contributed by atoms with van der Waals surface area (Å²) in [7, 11) is 0. The average Bonchev–Trinajstić information content (AvgIpc) is 2.98. The summed E-state index contributed by atoms with van der Waals surface area (Å²) in [6.07, 6.45) is 0. The third-order valence-electron chi connectivity index (χ3n) is 4.28. The number of anilines is 1. The molecule has 0 amide bonds. The molecule has 2 N–H and O–H groups in total. The smallest absolute Gasteiger partial charge is 0.263 e. The molecule has 0 saturated carbocycles. The molecule has 6 nitrogen and oxygen atoms in total. The molecule has 3 saturated heterocycles. The van der Waals surface area contributed by atoms with Gasteiger partial charge in [-0.25, -0.2) is 4.39 Å². The maximum atomic E-state index is 13.9. The van der Waals surface area contributed by atoms with Crippen molar-refractivity contribution in [2.45, 2.75) is 6.04 Å². The SMILES string of the molecule is Nc1cccc(F)c1-c1nc(C2CN3CCN2CC3)no1. The zero-order chi connectivity index (χ0) is 14.4. The van der Waals surface area contributed by atoms with Crippen molar-refractivity contribution in [3.8, 4) is 11.5 Å². The molecule has 0 spiro atoms. The van der Waals surface area contributed by atoms with Gasteiger partial charge in [0.05, 0.1) is 11.6 Å². The fourth-order valence-corrected chi connectivity index (χ4v) is 3.10. The highest BCUT2D eigenvalue weighted by atomic mass is 19.1. The minimum absolute atomic E-state index is 0.123. The van der Waals surface area contributed by atoms with Crippen LogP contribution in [0.5, 0.6) is 0 Å². The number of nitrogens with two attached hydrogens (primary N) is 1. The summed E-state index contributed by atoms with van der Waals surface area (Å²) < 4.78 is 19.2. The molecule has 5 rings (SSSR count). The normalized spacial score (nSPS) is 28.0. The van der Waals surface area contributed by atoms with Gasteiger partial charge in [-0.2, -0.15) is 4.98 Å². The number of rotatable bonds is 2. The quantitative estimate of drug-likeness (QED) is 0.836. The molecule has 2 aromatic rings. The number of halogens is 1. The van der Waals surface area contributed by atoms with Gasteiger partial charge in [0.1, 0.15) is 5.82 Å². The lowest BCUT2D eigenvalue weighted by molar-refractivity contribution is 0.00781. The van der Waals surface area contributed by atoms with Crippen molar-refractivity contribution in [1.82, 2.24) is 19.9 Å². The minimum Gasteiger partial charge on any atom is -0.398 e. The summed E-state index contributed by atoms with van der Waals surface area (Å²) in [6.45, 7) is 5.08. The van der Waals surface area contributed by atoms with E-state index < -0.39 is 5.82 Å². The van der Waals surface area contributed by atoms with Crippen molar-refractivity contribution in [1.29, 1.82) is 0 Å². The van der Waals surface area contributed by atoms with Crippen LogP contribution in [0.15, 0.2) is 22.7 Å². The first kappa shape index (κ1) is 12.7. The summed E-state index contributed by atoms with van der Waals surface area (Å²) in [5.41, 5.74) is 6.31. The number of nitrogen functional groups attached to an aromatic ring is 1. The van der Waals surface area contributed by atoms with Gasteiger partial charge >= 0.3 is 0 Å². The predicted octanol–water partition coefficient (Wildman–Crippen LogP) is 1.13. The van der Waals surface area contributed by atoms with E-state index in [1.54, 1.807) is 12.1 Å². The lowest BCUT2D eigenvalue weighted by atomic mass is 10.1. The van der Waals surface area contributed by atoms with E-state index >= 15 is 0 Å². The van der Waals surface area contributed by atoms with Gasteiger partial charge in [-0.15, -0.1) is 0 Å². The zero-order valence-electron chi connectivity index (χ0n) is 11.5. The Kier molecular flexibility index (Phi) is 2.90. The molecule has 1 aromatic heterocycles. The first-order chi connectivity index (χ1) is 10.2. The number of hydrogen-bond acceptors (Lipinski definition) is 6. The second-order valence-electron chi connectivity index (χ2n) is 5.51. The average molecular weight is 289 g/mol. The number of hydrogen-bond donors (Lipinski definition) is 1. The topological polar surface area (TPSA) is 71.4 Å². The van der Waals surface area contributed by atoms with Gasteiger partial charge in [-0.3, -0.25) is 9.80 Å². The Balaban J connectivity index is 1.67. The fraction of sp³-hybridized carbons (Fsp3) is 0.429. The van der Waals surface area contributed by atoms with Crippen LogP contribution in [-0.2, 0) is 0 Å². The molecule has 0 aliphatic carbocycles. The van der Waals surface area contributed by atoms with Crippen molar-refractivity contribution in [2.24, 2.45) is 0 Å². The highest BCUT2D eigenvalue weighted by Crippen LogP contribution is 2.31. The molecule has 3 fully saturated rings. The van der Waals surface area contributed by atoms with Crippen molar-refractivity contribution < 1.29 is 8.91 Å².